The van der Waals surface area contributed by atoms with Crippen LogP contribution < -0.4 is 14.8 Å². The Morgan fingerprint density at radius 1 is 1.21 bits per heavy atom. The van der Waals surface area contributed by atoms with Crippen LogP contribution in [0.4, 0.5) is 0 Å². The van der Waals surface area contributed by atoms with Crippen molar-refractivity contribution < 1.29 is 28.0 Å². The SMILES string of the molecule is CCOC(=O)C[NH2+]C1=C(C=N)[C@H](NS(=O)(=O)c2ccc(Oc3ccccc3Cl)c(Cl)c2)CCC1. The maximum absolute atomic E-state index is 13.1. The fourth-order valence-corrected chi connectivity index (χ4v) is 5.35. The Labute approximate surface area is 208 Å². The molecule has 0 unspecified atom stereocenters. The van der Waals surface area contributed by atoms with Crippen molar-refractivity contribution in [3.05, 3.63) is 63.8 Å². The Kier molecular flexibility index (Phi) is 9.10. The highest BCUT2D eigenvalue weighted by Gasteiger charge is 2.29. The number of halogens is 2. The van der Waals surface area contributed by atoms with Gasteiger partial charge in [0.2, 0.25) is 10.0 Å². The number of carbonyl (C=O) groups excluding carboxylic acids is 1. The highest BCUT2D eigenvalue weighted by atomic mass is 35.5. The van der Waals surface area contributed by atoms with Crippen LogP contribution in [-0.2, 0) is 19.6 Å². The van der Waals surface area contributed by atoms with Crippen molar-refractivity contribution in [3.8, 4) is 11.5 Å². The van der Waals surface area contributed by atoms with Crippen LogP contribution in [0.1, 0.15) is 26.2 Å². The molecule has 4 N–H and O–H groups in total. The van der Waals surface area contributed by atoms with Crippen molar-refractivity contribution in [1.29, 1.82) is 5.41 Å². The molecule has 2 aromatic carbocycles. The summed E-state index contributed by atoms with van der Waals surface area (Å²) < 4.78 is 39.5. The zero-order chi connectivity index (χ0) is 24.7. The topological polar surface area (TPSA) is 122 Å². The van der Waals surface area contributed by atoms with Crippen LogP contribution in [0.2, 0.25) is 10.0 Å². The molecule has 0 fully saturated rings. The average Bonchev–Trinajstić information content (AvgIpc) is 2.80. The summed E-state index contributed by atoms with van der Waals surface area (Å²) in [5, 5.41) is 10.0. The van der Waals surface area contributed by atoms with E-state index in [1.165, 1.54) is 18.2 Å². The number of quaternary nitrogens is 1. The summed E-state index contributed by atoms with van der Waals surface area (Å²) in [5.74, 6) is 0.299. The number of nitrogens with two attached hydrogens (primary N) is 1. The second-order valence-corrected chi connectivity index (χ2v) is 10.1. The molecule has 0 spiro atoms. The van der Waals surface area contributed by atoms with E-state index in [1.54, 1.807) is 36.5 Å². The van der Waals surface area contributed by atoms with Crippen LogP contribution in [-0.4, -0.2) is 39.8 Å². The fourth-order valence-electron chi connectivity index (χ4n) is 3.62. The van der Waals surface area contributed by atoms with E-state index in [-0.39, 0.29) is 34.8 Å². The predicted octanol–water partition coefficient (Wildman–Crippen LogP) is 3.65. The highest BCUT2D eigenvalue weighted by Crippen LogP contribution is 2.34. The van der Waals surface area contributed by atoms with Crippen molar-refractivity contribution in [2.75, 3.05) is 13.2 Å². The van der Waals surface area contributed by atoms with Gasteiger partial charge in [0.05, 0.1) is 27.6 Å². The minimum absolute atomic E-state index is 0.0315. The first kappa shape index (κ1) is 26.2. The number of esters is 1. The molecule has 0 amide bonds. The smallest absolute Gasteiger partial charge is 0.362 e. The van der Waals surface area contributed by atoms with Gasteiger partial charge in [-0.2, -0.15) is 0 Å². The maximum Gasteiger partial charge on any atom is 0.362 e. The van der Waals surface area contributed by atoms with E-state index in [4.69, 9.17) is 38.1 Å². The average molecular weight is 527 g/mol. The lowest BCUT2D eigenvalue weighted by Gasteiger charge is -2.25. The largest absolute Gasteiger partial charge is 0.462 e. The van der Waals surface area contributed by atoms with Gasteiger partial charge in [0.1, 0.15) is 17.2 Å². The molecule has 182 valence electrons. The van der Waals surface area contributed by atoms with Crippen LogP contribution in [0.25, 0.3) is 0 Å². The zero-order valence-electron chi connectivity index (χ0n) is 18.5. The van der Waals surface area contributed by atoms with Crippen molar-refractivity contribution >= 4 is 45.4 Å². The first-order chi connectivity index (χ1) is 16.2. The van der Waals surface area contributed by atoms with Gasteiger partial charge in [0, 0.05) is 18.2 Å². The van der Waals surface area contributed by atoms with Crippen LogP contribution in [0.15, 0.2) is 58.6 Å². The quantitative estimate of drug-likeness (QED) is 0.322. The lowest BCUT2D eigenvalue weighted by molar-refractivity contribution is -0.600. The maximum atomic E-state index is 13.1. The van der Waals surface area contributed by atoms with Gasteiger partial charge in [-0.3, -0.25) is 0 Å². The first-order valence-electron chi connectivity index (χ1n) is 10.7. The fraction of sp³-hybridized carbons (Fsp3) is 0.304. The van der Waals surface area contributed by atoms with Gasteiger partial charge >= 0.3 is 5.97 Å². The number of allylic oxidation sites excluding steroid dienone is 1. The predicted molar refractivity (Wildman–Crippen MR) is 130 cm³/mol. The Morgan fingerprint density at radius 2 is 1.94 bits per heavy atom. The van der Waals surface area contributed by atoms with Gasteiger partial charge in [-0.25, -0.2) is 17.9 Å². The molecular weight excluding hydrogens is 501 g/mol. The summed E-state index contributed by atoms with van der Waals surface area (Å²) >= 11 is 12.4. The van der Waals surface area contributed by atoms with Gasteiger partial charge in [-0.05, 0) is 50.1 Å². The third-order valence-electron chi connectivity index (χ3n) is 5.23. The molecule has 2 aromatic rings. The molecule has 0 saturated carbocycles. The highest BCUT2D eigenvalue weighted by molar-refractivity contribution is 7.89. The van der Waals surface area contributed by atoms with Crippen LogP contribution in [0.3, 0.4) is 0 Å². The van der Waals surface area contributed by atoms with Gasteiger partial charge < -0.3 is 20.2 Å². The number of hydrogen-bond acceptors (Lipinski definition) is 6. The number of benzene rings is 2. The Morgan fingerprint density at radius 3 is 2.62 bits per heavy atom. The zero-order valence-corrected chi connectivity index (χ0v) is 20.8. The van der Waals surface area contributed by atoms with Gasteiger partial charge in [-0.1, -0.05) is 35.3 Å². The number of carbonyl (C=O) groups is 1. The normalized spacial score (nSPS) is 16.3. The first-order valence-corrected chi connectivity index (χ1v) is 13.0. The van der Waals surface area contributed by atoms with Gasteiger partial charge in [0.15, 0.2) is 6.54 Å². The summed E-state index contributed by atoms with van der Waals surface area (Å²) in [6.07, 6.45) is 3.03. The molecule has 0 heterocycles. The standard InChI is InChI=1S/C23H25Cl2N3O5S/c1-2-32-23(29)14-27-19-7-5-8-20(16(19)13-26)28-34(30,31)15-10-11-22(18(25)12-15)33-21-9-4-3-6-17(21)24/h3-4,6,9-13,20,26-28H,2,5,7-8,14H2,1H3/p+1/t20-/m1/s1. The summed E-state index contributed by atoms with van der Waals surface area (Å²) in [6.45, 7) is 2.09. The molecule has 1 aliphatic carbocycles. The number of hydrogen-bond donors (Lipinski definition) is 3. The van der Waals surface area contributed by atoms with E-state index in [1.807, 2.05) is 0 Å². The number of ether oxygens (including phenoxy) is 2. The number of sulfonamides is 1. The lowest BCUT2D eigenvalue weighted by Crippen LogP contribution is -2.85. The monoisotopic (exact) mass is 526 g/mol. The van der Waals surface area contributed by atoms with Crippen LogP contribution in [0.5, 0.6) is 11.5 Å². The van der Waals surface area contributed by atoms with E-state index in [0.717, 1.165) is 11.9 Å². The number of rotatable bonds is 10. The van der Waals surface area contributed by atoms with E-state index in [0.29, 0.717) is 35.6 Å². The molecule has 1 atom stereocenters. The Balaban J connectivity index is 1.77. The lowest BCUT2D eigenvalue weighted by atomic mass is 9.92. The molecule has 1 aliphatic rings. The molecule has 11 heteroatoms. The van der Waals surface area contributed by atoms with Crippen molar-refractivity contribution in [2.45, 2.75) is 37.1 Å². The summed E-state index contributed by atoms with van der Waals surface area (Å²) in [6, 6.07) is 10.4. The second kappa shape index (κ2) is 11.8. The van der Waals surface area contributed by atoms with Crippen molar-refractivity contribution in [3.63, 3.8) is 0 Å². The van der Waals surface area contributed by atoms with Crippen LogP contribution in [0, 0.1) is 5.41 Å². The van der Waals surface area contributed by atoms with Crippen molar-refractivity contribution in [1.82, 2.24) is 4.72 Å². The van der Waals surface area contributed by atoms with E-state index < -0.39 is 16.1 Å². The molecule has 34 heavy (non-hydrogen) atoms. The van der Waals surface area contributed by atoms with Crippen molar-refractivity contribution in [2.24, 2.45) is 0 Å². The molecule has 0 aromatic heterocycles. The summed E-state index contributed by atoms with van der Waals surface area (Å²) in [5.41, 5.74) is 1.30. The Hall–Kier alpha value is -2.43. The molecule has 8 nitrogen and oxygen atoms in total. The minimum Gasteiger partial charge on any atom is -0.462 e. The van der Waals surface area contributed by atoms with Gasteiger partial charge in [-0.15, -0.1) is 0 Å². The third-order valence-corrected chi connectivity index (χ3v) is 7.31. The molecule has 0 aliphatic heterocycles. The summed E-state index contributed by atoms with van der Waals surface area (Å²) in [7, 11) is -3.95. The van der Waals surface area contributed by atoms with Crippen LogP contribution >= 0.6 is 23.2 Å². The Bertz CT molecular complexity index is 1200. The molecule has 0 saturated heterocycles. The summed E-state index contributed by atoms with van der Waals surface area (Å²) in [4.78, 5) is 11.7. The van der Waals surface area contributed by atoms with E-state index in [2.05, 4.69) is 4.72 Å². The molecular formula is C23H26Cl2N3O5S+. The van der Waals surface area contributed by atoms with E-state index >= 15 is 0 Å². The van der Waals surface area contributed by atoms with E-state index in [9.17, 15) is 13.2 Å². The van der Waals surface area contributed by atoms with Gasteiger partial charge in [0.25, 0.3) is 0 Å². The number of para-hydroxylation sites is 1. The minimum atomic E-state index is -3.95. The molecule has 0 bridgehead atoms. The second-order valence-electron chi connectivity index (χ2n) is 7.53. The number of nitrogens with one attached hydrogen (secondary N) is 2. The molecule has 3 rings (SSSR count). The molecule has 0 radical (unpaired) electrons. The third kappa shape index (κ3) is 6.58.